The number of likely N-dealkylation sites (tertiary alicyclic amines) is 1. The molecule has 1 aromatic rings. The van der Waals surface area contributed by atoms with Crippen molar-refractivity contribution in [3.05, 3.63) is 17.7 Å². The Morgan fingerprint density at radius 2 is 1.65 bits per heavy atom. The summed E-state index contributed by atoms with van der Waals surface area (Å²) in [7, 11) is 0. The Balaban J connectivity index is 2.37. The standard InChI is InChI=1S/C20H32N2O4/c1-6-24-15-11-14(12-16(25-7-2)18(15)26-8-3)19(23)22-10-9-17(21)20(4,5)13-22/h11-12,17H,6-10,13,21H2,1-5H3. The lowest BCUT2D eigenvalue weighted by Gasteiger charge is -2.42. The van der Waals surface area contributed by atoms with Crippen molar-refractivity contribution in [3.8, 4) is 17.2 Å². The maximum Gasteiger partial charge on any atom is 0.254 e. The van der Waals surface area contributed by atoms with E-state index in [-0.39, 0.29) is 17.4 Å². The smallest absolute Gasteiger partial charge is 0.254 e. The number of benzene rings is 1. The van der Waals surface area contributed by atoms with Crippen molar-refractivity contribution in [1.82, 2.24) is 4.90 Å². The second-order valence-electron chi connectivity index (χ2n) is 7.21. The molecule has 146 valence electrons. The van der Waals surface area contributed by atoms with Gasteiger partial charge in [-0.05, 0) is 44.7 Å². The van der Waals surface area contributed by atoms with Gasteiger partial charge in [-0.15, -0.1) is 0 Å². The molecule has 0 aromatic heterocycles. The second-order valence-corrected chi connectivity index (χ2v) is 7.21. The highest BCUT2D eigenvalue weighted by atomic mass is 16.5. The number of amides is 1. The van der Waals surface area contributed by atoms with Crippen LogP contribution in [0, 0.1) is 5.41 Å². The van der Waals surface area contributed by atoms with Crippen LogP contribution in [0.4, 0.5) is 0 Å². The first-order valence-electron chi connectivity index (χ1n) is 9.45. The lowest BCUT2D eigenvalue weighted by atomic mass is 9.79. The SMILES string of the molecule is CCOc1cc(C(=O)N2CCC(N)C(C)(C)C2)cc(OCC)c1OCC. The van der Waals surface area contributed by atoms with Crippen molar-refractivity contribution < 1.29 is 19.0 Å². The van der Waals surface area contributed by atoms with E-state index in [0.717, 1.165) is 6.42 Å². The minimum Gasteiger partial charge on any atom is -0.490 e. The summed E-state index contributed by atoms with van der Waals surface area (Å²) in [5, 5.41) is 0. The van der Waals surface area contributed by atoms with Gasteiger partial charge in [0.1, 0.15) is 0 Å². The summed E-state index contributed by atoms with van der Waals surface area (Å²) in [6, 6.07) is 3.60. The van der Waals surface area contributed by atoms with Crippen molar-refractivity contribution in [2.45, 2.75) is 47.1 Å². The Kier molecular flexibility index (Phi) is 6.75. The summed E-state index contributed by atoms with van der Waals surface area (Å²) in [5.74, 6) is 1.59. The van der Waals surface area contributed by atoms with E-state index in [0.29, 0.717) is 55.7 Å². The van der Waals surface area contributed by atoms with Gasteiger partial charge in [0.05, 0.1) is 19.8 Å². The van der Waals surface area contributed by atoms with Gasteiger partial charge in [0.15, 0.2) is 11.5 Å². The molecular weight excluding hydrogens is 332 g/mol. The molecule has 0 bridgehead atoms. The van der Waals surface area contributed by atoms with Gasteiger partial charge < -0.3 is 24.8 Å². The highest BCUT2D eigenvalue weighted by molar-refractivity contribution is 5.95. The average Bonchev–Trinajstić information content (AvgIpc) is 2.59. The largest absolute Gasteiger partial charge is 0.490 e. The molecule has 2 N–H and O–H groups in total. The van der Waals surface area contributed by atoms with Crippen molar-refractivity contribution >= 4 is 5.91 Å². The van der Waals surface area contributed by atoms with Gasteiger partial charge in [-0.2, -0.15) is 0 Å². The van der Waals surface area contributed by atoms with Crippen LogP contribution in [0.3, 0.4) is 0 Å². The highest BCUT2D eigenvalue weighted by Crippen LogP contribution is 2.40. The van der Waals surface area contributed by atoms with Crippen LogP contribution in [0.1, 0.15) is 51.4 Å². The molecule has 0 aliphatic carbocycles. The molecular formula is C20H32N2O4. The minimum absolute atomic E-state index is 0.0325. The molecule has 6 nitrogen and oxygen atoms in total. The number of piperidine rings is 1. The van der Waals surface area contributed by atoms with Gasteiger partial charge in [-0.3, -0.25) is 4.79 Å². The van der Waals surface area contributed by atoms with Gasteiger partial charge in [0.2, 0.25) is 5.75 Å². The molecule has 1 aromatic carbocycles. The summed E-state index contributed by atoms with van der Waals surface area (Å²) in [6.07, 6.45) is 0.798. The summed E-state index contributed by atoms with van der Waals surface area (Å²) in [4.78, 5) is 15.0. The number of rotatable bonds is 7. The lowest BCUT2D eigenvalue weighted by Crippen LogP contribution is -2.54. The second kappa shape index (κ2) is 8.62. The predicted molar refractivity (Wildman–Crippen MR) is 102 cm³/mol. The number of hydrogen-bond donors (Lipinski definition) is 1. The Morgan fingerprint density at radius 1 is 1.12 bits per heavy atom. The van der Waals surface area contributed by atoms with Gasteiger partial charge in [-0.25, -0.2) is 0 Å². The van der Waals surface area contributed by atoms with Crippen LogP contribution in [0.25, 0.3) is 0 Å². The Hall–Kier alpha value is -1.95. The number of carbonyl (C=O) groups excluding carboxylic acids is 1. The van der Waals surface area contributed by atoms with Gasteiger partial charge >= 0.3 is 0 Å². The molecule has 1 fully saturated rings. The van der Waals surface area contributed by atoms with Crippen LogP contribution >= 0.6 is 0 Å². The molecule has 2 rings (SSSR count). The van der Waals surface area contributed by atoms with E-state index >= 15 is 0 Å². The number of ether oxygens (including phenoxy) is 3. The van der Waals surface area contributed by atoms with E-state index < -0.39 is 0 Å². The Bertz CT molecular complexity index is 603. The summed E-state index contributed by atoms with van der Waals surface area (Å²) >= 11 is 0. The zero-order valence-corrected chi connectivity index (χ0v) is 16.6. The topological polar surface area (TPSA) is 74.0 Å². The third-order valence-electron chi connectivity index (χ3n) is 4.76. The van der Waals surface area contributed by atoms with Crippen LogP contribution in [0.15, 0.2) is 12.1 Å². The molecule has 1 atom stereocenters. The minimum atomic E-state index is -0.106. The zero-order chi connectivity index (χ0) is 19.3. The van der Waals surface area contributed by atoms with E-state index in [1.54, 1.807) is 12.1 Å². The van der Waals surface area contributed by atoms with E-state index in [1.165, 1.54) is 0 Å². The summed E-state index contributed by atoms with van der Waals surface area (Å²) in [6.45, 7) is 12.7. The predicted octanol–water partition coefficient (Wildman–Crippen LogP) is 3.08. The average molecular weight is 364 g/mol. The van der Waals surface area contributed by atoms with Crippen molar-refractivity contribution in [1.29, 1.82) is 0 Å². The molecule has 1 saturated heterocycles. The Morgan fingerprint density at radius 3 is 2.12 bits per heavy atom. The fourth-order valence-corrected chi connectivity index (χ4v) is 3.24. The van der Waals surface area contributed by atoms with Gasteiger partial charge in [0.25, 0.3) is 5.91 Å². The molecule has 0 radical (unpaired) electrons. The van der Waals surface area contributed by atoms with Gasteiger partial charge in [0, 0.05) is 24.7 Å². The van der Waals surface area contributed by atoms with Crippen molar-refractivity contribution in [3.63, 3.8) is 0 Å². The highest BCUT2D eigenvalue weighted by Gasteiger charge is 2.36. The number of nitrogens with zero attached hydrogens (tertiary/aromatic N) is 1. The van der Waals surface area contributed by atoms with E-state index in [4.69, 9.17) is 19.9 Å². The van der Waals surface area contributed by atoms with Gasteiger partial charge in [-0.1, -0.05) is 13.8 Å². The molecule has 1 amide bonds. The molecule has 6 heteroatoms. The third kappa shape index (κ3) is 4.41. The summed E-state index contributed by atoms with van der Waals surface area (Å²) in [5.41, 5.74) is 6.64. The fourth-order valence-electron chi connectivity index (χ4n) is 3.24. The molecule has 0 saturated carbocycles. The molecule has 1 aliphatic heterocycles. The monoisotopic (exact) mass is 364 g/mol. The normalized spacial score (nSPS) is 19.2. The molecule has 1 unspecified atom stereocenters. The van der Waals surface area contributed by atoms with Crippen LogP contribution in [0.5, 0.6) is 17.2 Å². The summed E-state index contributed by atoms with van der Waals surface area (Å²) < 4.78 is 17.1. The zero-order valence-electron chi connectivity index (χ0n) is 16.6. The number of nitrogens with two attached hydrogens (primary N) is 1. The third-order valence-corrected chi connectivity index (χ3v) is 4.76. The van der Waals surface area contributed by atoms with Crippen LogP contribution < -0.4 is 19.9 Å². The first kappa shape index (κ1) is 20.4. The number of hydrogen-bond acceptors (Lipinski definition) is 5. The van der Waals surface area contributed by atoms with E-state index in [1.807, 2.05) is 25.7 Å². The molecule has 0 spiro atoms. The maximum atomic E-state index is 13.1. The molecule has 1 aliphatic rings. The van der Waals surface area contributed by atoms with Crippen LogP contribution in [-0.2, 0) is 0 Å². The van der Waals surface area contributed by atoms with Crippen molar-refractivity contribution in [2.75, 3.05) is 32.9 Å². The van der Waals surface area contributed by atoms with E-state index in [9.17, 15) is 4.79 Å². The lowest BCUT2D eigenvalue weighted by molar-refractivity contribution is 0.0532. The maximum absolute atomic E-state index is 13.1. The quantitative estimate of drug-likeness (QED) is 0.805. The van der Waals surface area contributed by atoms with Crippen LogP contribution in [0.2, 0.25) is 0 Å². The molecule has 26 heavy (non-hydrogen) atoms. The first-order valence-corrected chi connectivity index (χ1v) is 9.45. The van der Waals surface area contributed by atoms with Crippen LogP contribution in [-0.4, -0.2) is 49.8 Å². The fraction of sp³-hybridized carbons (Fsp3) is 0.650. The first-order chi connectivity index (χ1) is 12.3. The molecule has 1 heterocycles. The number of carbonyl (C=O) groups is 1. The van der Waals surface area contributed by atoms with E-state index in [2.05, 4.69) is 13.8 Å². The Labute approximate surface area is 156 Å². The van der Waals surface area contributed by atoms with Crippen molar-refractivity contribution in [2.24, 2.45) is 11.1 Å².